The Labute approximate surface area is 164 Å². The molecule has 138 valence electrons. The number of benzene rings is 2. The van der Waals surface area contributed by atoms with E-state index in [0.29, 0.717) is 11.3 Å². The predicted octanol–water partition coefficient (Wildman–Crippen LogP) is 4.00. The molecule has 0 aromatic heterocycles. The summed E-state index contributed by atoms with van der Waals surface area (Å²) in [6.45, 7) is 4.77. The predicted molar refractivity (Wildman–Crippen MR) is 106 cm³/mol. The normalized spacial score (nSPS) is 18.9. The molecule has 0 spiro atoms. The number of rotatable bonds is 4. The van der Waals surface area contributed by atoms with Crippen molar-refractivity contribution >= 4 is 29.1 Å². The number of amides is 2. The minimum atomic E-state index is -0.147. The molecule has 4 rings (SSSR count). The van der Waals surface area contributed by atoms with Crippen LogP contribution in [0.1, 0.15) is 34.3 Å². The van der Waals surface area contributed by atoms with E-state index in [4.69, 9.17) is 11.6 Å². The summed E-state index contributed by atoms with van der Waals surface area (Å²) in [6.07, 6.45) is 2.66. The highest BCUT2D eigenvalue weighted by atomic mass is 35.5. The molecule has 2 aromatic rings. The Morgan fingerprint density at radius 3 is 2.56 bits per heavy atom. The maximum Gasteiger partial charge on any atom is 0.259 e. The van der Waals surface area contributed by atoms with Crippen molar-refractivity contribution < 1.29 is 9.59 Å². The molecular formula is C22H21ClN2O2. The number of carbonyl (C=O) groups excluding carboxylic acids is 2. The number of fused-ring (bicyclic) bond motifs is 1. The summed E-state index contributed by atoms with van der Waals surface area (Å²) in [6, 6.07) is 15.2. The molecule has 0 radical (unpaired) electrons. The van der Waals surface area contributed by atoms with Crippen LogP contribution in [0, 0.1) is 0 Å². The van der Waals surface area contributed by atoms with Gasteiger partial charge in [-0.15, -0.1) is 0 Å². The molecule has 0 saturated carbocycles. The van der Waals surface area contributed by atoms with Crippen LogP contribution in [-0.2, 0) is 11.2 Å². The van der Waals surface area contributed by atoms with Crippen LogP contribution in [0.25, 0.3) is 5.70 Å². The minimum Gasteiger partial charge on any atom is -0.338 e. The second kappa shape index (κ2) is 7.20. The average molecular weight is 381 g/mol. The van der Waals surface area contributed by atoms with Crippen molar-refractivity contribution in [2.75, 3.05) is 13.1 Å². The molecular weight excluding hydrogens is 360 g/mol. The number of carbonyl (C=O) groups is 2. The molecule has 0 bridgehead atoms. The first-order valence-electron chi connectivity index (χ1n) is 9.19. The monoisotopic (exact) mass is 380 g/mol. The second-order valence-electron chi connectivity index (χ2n) is 7.06. The molecule has 0 aliphatic carbocycles. The van der Waals surface area contributed by atoms with Crippen LogP contribution in [0.4, 0.5) is 0 Å². The summed E-state index contributed by atoms with van der Waals surface area (Å²) in [7, 11) is 0. The Kier molecular flexibility index (Phi) is 4.75. The lowest BCUT2D eigenvalue weighted by atomic mass is 10.0. The SMILES string of the molecule is C=C1c2ccccc2C(=O)N1CC(=O)N1CCCC1Cc1ccccc1Cl. The first-order valence-corrected chi connectivity index (χ1v) is 9.57. The molecule has 2 amide bonds. The maximum atomic E-state index is 13.0. The summed E-state index contributed by atoms with van der Waals surface area (Å²) >= 11 is 6.29. The van der Waals surface area contributed by atoms with Crippen LogP contribution in [-0.4, -0.2) is 40.7 Å². The second-order valence-corrected chi connectivity index (χ2v) is 7.47. The fourth-order valence-corrected chi connectivity index (χ4v) is 4.23. The standard InChI is InChI=1S/C22H21ClN2O2/c1-15-18-9-3-4-10-19(18)22(27)25(15)14-21(26)24-12-6-8-17(24)13-16-7-2-5-11-20(16)23/h2-5,7,9-11,17H,1,6,8,12-14H2. The lowest BCUT2D eigenvalue weighted by Crippen LogP contribution is -2.43. The van der Waals surface area contributed by atoms with Gasteiger partial charge in [-0.05, 0) is 37.0 Å². The van der Waals surface area contributed by atoms with Gasteiger partial charge in [0.25, 0.3) is 5.91 Å². The van der Waals surface area contributed by atoms with E-state index in [2.05, 4.69) is 6.58 Å². The van der Waals surface area contributed by atoms with Gasteiger partial charge in [0, 0.05) is 34.4 Å². The van der Waals surface area contributed by atoms with Crippen LogP contribution in [0.2, 0.25) is 5.02 Å². The van der Waals surface area contributed by atoms with Gasteiger partial charge in [-0.2, -0.15) is 0 Å². The molecule has 5 heteroatoms. The quantitative estimate of drug-likeness (QED) is 0.804. The van der Waals surface area contributed by atoms with Crippen LogP contribution in [0.5, 0.6) is 0 Å². The zero-order valence-electron chi connectivity index (χ0n) is 15.0. The van der Waals surface area contributed by atoms with E-state index in [0.717, 1.165) is 42.0 Å². The Morgan fingerprint density at radius 1 is 1.11 bits per heavy atom. The van der Waals surface area contributed by atoms with Gasteiger partial charge in [-0.1, -0.05) is 54.6 Å². The molecule has 1 atom stereocenters. The van der Waals surface area contributed by atoms with E-state index in [1.54, 1.807) is 6.07 Å². The summed E-state index contributed by atoms with van der Waals surface area (Å²) in [5.41, 5.74) is 3.08. The molecule has 1 fully saturated rings. The lowest BCUT2D eigenvalue weighted by Gasteiger charge is -2.27. The molecule has 0 N–H and O–H groups in total. The fourth-order valence-electron chi connectivity index (χ4n) is 4.02. The Hall–Kier alpha value is -2.59. The largest absolute Gasteiger partial charge is 0.338 e. The van der Waals surface area contributed by atoms with Gasteiger partial charge in [0.15, 0.2) is 0 Å². The Balaban J connectivity index is 1.47. The van der Waals surface area contributed by atoms with E-state index in [-0.39, 0.29) is 24.4 Å². The third-order valence-corrected chi connectivity index (χ3v) is 5.81. The van der Waals surface area contributed by atoms with Gasteiger partial charge < -0.3 is 4.90 Å². The zero-order chi connectivity index (χ0) is 19.0. The van der Waals surface area contributed by atoms with Crippen molar-refractivity contribution in [3.63, 3.8) is 0 Å². The zero-order valence-corrected chi connectivity index (χ0v) is 15.8. The smallest absolute Gasteiger partial charge is 0.259 e. The first-order chi connectivity index (χ1) is 13.1. The fraction of sp³-hybridized carbons (Fsp3) is 0.273. The van der Waals surface area contributed by atoms with Gasteiger partial charge in [0.1, 0.15) is 6.54 Å². The van der Waals surface area contributed by atoms with Gasteiger partial charge in [-0.3, -0.25) is 14.5 Å². The molecule has 1 unspecified atom stereocenters. The molecule has 2 heterocycles. The summed E-state index contributed by atoms with van der Waals surface area (Å²) in [5.74, 6) is -0.183. The lowest BCUT2D eigenvalue weighted by molar-refractivity contribution is -0.132. The van der Waals surface area contributed by atoms with Crippen LogP contribution in [0.3, 0.4) is 0 Å². The average Bonchev–Trinajstić information content (AvgIpc) is 3.23. The Morgan fingerprint density at radius 2 is 1.81 bits per heavy atom. The number of hydrogen-bond donors (Lipinski definition) is 0. The highest BCUT2D eigenvalue weighted by Gasteiger charge is 2.35. The third-order valence-electron chi connectivity index (χ3n) is 5.44. The minimum absolute atomic E-state index is 0.0331. The summed E-state index contributed by atoms with van der Waals surface area (Å²) in [5, 5.41) is 0.732. The molecule has 27 heavy (non-hydrogen) atoms. The van der Waals surface area contributed by atoms with E-state index in [9.17, 15) is 9.59 Å². The van der Waals surface area contributed by atoms with E-state index < -0.39 is 0 Å². The van der Waals surface area contributed by atoms with Gasteiger partial charge >= 0.3 is 0 Å². The van der Waals surface area contributed by atoms with E-state index in [1.165, 1.54) is 4.90 Å². The van der Waals surface area contributed by atoms with Gasteiger partial charge in [0.05, 0.1) is 0 Å². The molecule has 4 nitrogen and oxygen atoms in total. The third kappa shape index (κ3) is 3.26. The highest BCUT2D eigenvalue weighted by molar-refractivity contribution is 6.31. The van der Waals surface area contributed by atoms with E-state index >= 15 is 0 Å². The molecule has 2 aliphatic heterocycles. The highest BCUT2D eigenvalue weighted by Crippen LogP contribution is 2.32. The number of nitrogens with zero attached hydrogens (tertiary/aromatic N) is 2. The van der Waals surface area contributed by atoms with Crippen molar-refractivity contribution in [1.29, 1.82) is 0 Å². The molecule has 1 saturated heterocycles. The maximum absolute atomic E-state index is 13.0. The number of halogens is 1. The number of hydrogen-bond acceptors (Lipinski definition) is 2. The molecule has 2 aromatic carbocycles. The van der Waals surface area contributed by atoms with Crippen molar-refractivity contribution in [1.82, 2.24) is 9.80 Å². The molecule has 2 aliphatic rings. The summed E-state index contributed by atoms with van der Waals surface area (Å²) in [4.78, 5) is 29.0. The van der Waals surface area contributed by atoms with Crippen molar-refractivity contribution in [2.24, 2.45) is 0 Å². The van der Waals surface area contributed by atoms with Crippen molar-refractivity contribution in [2.45, 2.75) is 25.3 Å². The first kappa shape index (κ1) is 17.8. The van der Waals surface area contributed by atoms with Crippen LogP contribution in [0.15, 0.2) is 55.1 Å². The Bertz CT molecular complexity index is 889. The summed E-state index contributed by atoms with van der Waals surface area (Å²) < 4.78 is 0. The van der Waals surface area contributed by atoms with Crippen LogP contribution < -0.4 is 0 Å². The van der Waals surface area contributed by atoms with Crippen molar-refractivity contribution in [3.8, 4) is 0 Å². The van der Waals surface area contributed by atoms with Gasteiger partial charge in [0.2, 0.25) is 5.91 Å². The van der Waals surface area contributed by atoms with Crippen LogP contribution >= 0.6 is 11.6 Å². The van der Waals surface area contributed by atoms with E-state index in [1.807, 2.05) is 47.4 Å². The number of likely N-dealkylation sites (tertiary alicyclic amines) is 1. The van der Waals surface area contributed by atoms with Gasteiger partial charge in [-0.25, -0.2) is 0 Å². The topological polar surface area (TPSA) is 40.6 Å². The van der Waals surface area contributed by atoms with Crippen molar-refractivity contribution in [3.05, 3.63) is 76.8 Å².